The Labute approximate surface area is 172 Å². The maximum Gasteiger partial charge on any atom is 0.311 e. The van der Waals surface area contributed by atoms with E-state index in [1.165, 1.54) is 44.9 Å². The fourth-order valence-corrected chi connectivity index (χ4v) is 2.64. The first kappa shape index (κ1) is 25.3. The summed E-state index contributed by atoms with van der Waals surface area (Å²) in [7, 11) is 0. The van der Waals surface area contributed by atoms with Crippen molar-refractivity contribution < 1.29 is 9.53 Å². The monoisotopic (exact) mass is 388 g/mol. The Hall–Kier alpha value is -1.74. The van der Waals surface area contributed by atoms with Crippen LogP contribution in [0.25, 0.3) is 0 Å². The van der Waals surface area contributed by atoms with E-state index in [1.807, 2.05) is 66.7 Å². The molecule has 0 aliphatic carbocycles. The minimum absolute atomic E-state index is 0. The highest BCUT2D eigenvalue weighted by Crippen LogP contribution is 2.13. The zero-order valence-corrected chi connectivity index (χ0v) is 17.7. The topological polar surface area (TPSA) is 26.3 Å². The van der Waals surface area contributed by atoms with E-state index >= 15 is 0 Å². The normalized spacial score (nSPS) is 9.52. The summed E-state index contributed by atoms with van der Waals surface area (Å²) < 4.78 is 5.25. The summed E-state index contributed by atoms with van der Waals surface area (Å²) >= 11 is 0. The molecule has 0 radical (unpaired) electrons. The van der Waals surface area contributed by atoms with Gasteiger partial charge in [-0.25, -0.2) is 0 Å². The average Bonchev–Trinajstić information content (AvgIpc) is 2.69. The van der Waals surface area contributed by atoms with Crippen LogP contribution in [0.1, 0.15) is 71.1 Å². The molecule has 2 aromatic carbocycles. The smallest absolute Gasteiger partial charge is 0.311 e. The van der Waals surface area contributed by atoms with Gasteiger partial charge < -0.3 is 4.74 Å². The van der Waals surface area contributed by atoms with E-state index in [4.69, 9.17) is 4.74 Å². The molecule has 0 aliphatic rings. The van der Waals surface area contributed by atoms with E-state index in [9.17, 15) is 4.79 Å². The Kier molecular flexibility index (Phi) is 17.8. The van der Waals surface area contributed by atoms with Crippen molar-refractivity contribution in [3.63, 3.8) is 0 Å². The summed E-state index contributed by atoms with van der Waals surface area (Å²) in [6, 6.07) is 21.3. The lowest BCUT2D eigenvalue weighted by Gasteiger charge is -2.04. The van der Waals surface area contributed by atoms with E-state index in [0.717, 1.165) is 12.8 Å². The molecule has 0 saturated heterocycles. The van der Waals surface area contributed by atoms with Gasteiger partial charge in [-0.15, -0.1) is 0 Å². The SMILES string of the molecule is CCCCCCCCCCCC(=O)Oc1ccccc1.S.c1ccccc1. The van der Waals surface area contributed by atoms with Crippen LogP contribution in [-0.2, 0) is 4.79 Å². The number of carbonyl (C=O) groups excluding carboxylic acids is 1. The third-order valence-electron chi connectivity index (χ3n) is 4.13. The highest BCUT2D eigenvalue weighted by molar-refractivity contribution is 7.59. The van der Waals surface area contributed by atoms with Gasteiger partial charge in [0, 0.05) is 6.42 Å². The zero-order chi connectivity index (χ0) is 18.7. The Balaban J connectivity index is 0.000000817. The molecular formula is C24H36O2S. The molecule has 150 valence electrons. The Morgan fingerprint density at radius 1 is 0.667 bits per heavy atom. The van der Waals surface area contributed by atoms with Crippen LogP contribution in [0.5, 0.6) is 5.75 Å². The highest BCUT2D eigenvalue weighted by atomic mass is 32.1. The maximum atomic E-state index is 11.6. The summed E-state index contributed by atoms with van der Waals surface area (Å²) in [6.07, 6.45) is 11.9. The predicted octanol–water partition coefficient (Wildman–Crippen LogP) is 7.31. The van der Waals surface area contributed by atoms with E-state index in [2.05, 4.69) is 6.92 Å². The van der Waals surface area contributed by atoms with Crippen LogP contribution in [-0.4, -0.2) is 5.97 Å². The Bertz CT molecular complexity index is 516. The summed E-state index contributed by atoms with van der Waals surface area (Å²) in [5, 5.41) is 0. The second-order valence-electron chi connectivity index (χ2n) is 6.52. The van der Waals surface area contributed by atoms with Gasteiger partial charge in [-0.3, -0.25) is 4.79 Å². The van der Waals surface area contributed by atoms with Gasteiger partial charge >= 0.3 is 5.97 Å². The highest BCUT2D eigenvalue weighted by Gasteiger charge is 2.03. The van der Waals surface area contributed by atoms with Crippen LogP contribution in [0, 0.1) is 0 Å². The van der Waals surface area contributed by atoms with Crippen molar-refractivity contribution in [3.8, 4) is 5.75 Å². The number of ether oxygens (including phenoxy) is 1. The number of esters is 1. The molecule has 0 fully saturated rings. The second kappa shape index (κ2) is 19.0. The van der Waals surface area contributed by atoms with Crippen LogP contribution in [0.4, 0.5) is 0 Å². The van der Waals surface area contributed by atoms with E-state index < -0.39 is 0 Å². The van der Waals surface area contributed by atoms with Crippen molar-refractivity contribution in [3.05, 3.63) is 66.7 Å². The number of hydrogen-bond donors (Lipinski definition) is 0. The van der Waals surface area contributed by atoms with E-state index in [0.29, 0.717) is 12.2 Å². The zero-order valence-electron chi connectivity index (χ0n) is 16.7. The molecule has 2 nitrogen and oxygen atoms in total. The summed E-state index contributed by atoms with van der Waals surface area (Å²) in [4.78, 5) is 11.6. The molecule has 27 heavy (non-hydrogen) atoms. The third-order valence-corrected chi connectivity index (χ3v) is 4.13. The molecular weight excluding hydrogens is 352 g/mol. The number of para-hydroxylation sites is 1. The third kappa shape index (κ3) is 16.2. The van der Waals surface area contributed by atoms with Crippen molar-refractivity contribution in [2.75, 3.05) is 0 Å². The molecule has 0 atom stereocenters. The van der Waals surface area contributed by atoms with E-state index in [1.54, 1.807) is 0 Å². The molecule has 0 bridgehead atoms. The predicted molar refractivity (Wildman–Crippen MR) is 121 cm³/mol. The molecule has 0 aromatic heterocycles. The molecule has 0 saturated carbocycles. The molecule has 0 aliphatic heterocycles. The maximum absolute atomic E-state index is 11.6. The number of hydrogen-bond acceptors (Lipinski definition) is 2. The van der Waals surface area contributed by atoms with Gasteiger partial charge in [0.25, 0.3) is 0 Å². The number of rotatable bonds is 11. The summed E-state index contributed by atoms with van der Waals surface area (Å²) in [5.74, 6) is 0.535. The van der Waals surface area contributed by atoms with Crippen LogP contribution >= 0.6 is 13.5 Å². The fraction of sp³-hybridized carbons (Fsp3) is 0.458. The lowest BCUT2D eigenvalue weighted by atomic mass is 10.1. The molecule has 0 amide bonds. The van der Waals surface area contributed by atoms with Gasteiger partial charge in [-0.1, -0.05) is 113 Å². The van der Waals surface area contributed by atoms with Gasteiger partial charge in [-0.05, 0) is 18.6 Å². The first-order chi connectivity index (χ1) is 12.8. The lowest BCUT2D eigenvalue weighted by Crippen LogP contribution is -2.07. The van der Waals surface area contributed by atoms with Crippen molar-refractivity contribution in [1.29, 1.82) is 0 Å². The number of unbranched alkanes of at least 4 members (excludes halogenated alkanes) is 8. The van der Waals surface area contributed by atoms with Gasteiger partial charge in [0.1, 0.15) is 5.75 Å². The molecule has 2 rings (SSSR count). The standard InChI is InChI=1S/C18H28O2.C6H6.H2S/c1-2-3-4-5-6-7-8-9-13-16-18(19)20-17-14-11-10-12-15-17;1-2-4-6-5-3-1;/h10-12,14-15H,2-9,13,16H2,1H3;1-6H;1H2. The molecule has 3 heteroatoms. The fourth-order valence-electron chi connectivity index (χ4n) is 2.64. The quantitative estimate of drug-likeness (QED) is 0.229. The van der Waals surface area contributed by atoms with Crippen molar-refractivity contribution in [2.45, 2.75) is 71.1 Å². The van der Waals surface area contributed by atoms with Crippen LogP contribution in [0.2, 0.25) is 0 Å². The Morgan fingerprint density at radius 3 is 1.56 bits per heavy atom. The summed E-state index contributed by atoms with van der Waals surface area (Å²) in [5.41, 5.74) is 0. The van der Waals surface area contributed by atoms with Gasteiger partial charge in [0.2, 0.25) is 0 Å². The van der Waals surface area contributed by atoms with Gasteiger partial charge in [-0.2, -0.15) is 13.5 Å². The van der Waals surface area contributed by atoms with Crippen LogP contribution < -0.4 is 4.74 Å². The molecule has 0 N–H and O–H groups in total. The minimum atomic E-state index is -0.112. The van der Waals surface area contributed by atoms with Gasteiger partial charge in [0.15, 0.2) is 0 Å². The molecule has 0 heterocycles. The van der Waals surface area contributed by atoms with Crippen molar-refractivity contribution in [1.82, 2.24) is 0 Å². The van der Waals surface area contributed by atoms with Crippen molar-refractivity contribution >= 4 is 19.5 Å². The minimum Gasteiger partial charge on any atom is -0.427 e. The largest absolute Gasteiger partial charge is 0.427 e. The Morgan fingerprint density at radius 2 is 1.07 bits per heavy atom. The molecule has 0 unspecified atom stereocenters. The van der Waals surface area contributed by atoms with Gasteiger partial charge in [0.05, 0.1) is 0 Å². The summed E-state index contributed by atoms with van der Waals surface area (Å²) in [6.45, 7) is 2.24. The number of benzene rings is 2. The number of carbonyl (C=O) groups is 1. The first-order valence-electron chi connectivity index (χ1n) is 10.1. The second-order valence-corrected chi connectivity index (χ2v) is 6.52. The van der Waals surface area contributed by atoms with Crippen LogP contribution in [0.3, 0.4) is 0 Å². The van der Waals surface area contributed by atoms with E-state index in [-0.39, 0.29) is 19.5 Å². The molecule has 0 spiro atoms. The molecule has 2 aromatic rings. The first-order valence-corrected chi connectivity index (χ1v) is 10.1. The van der Waals surface area contributed by atoms with Crippen LogP contribution in [0.15, 0.2) is 66.7 Å². The average molecular weight is 389 g/mol. The van der Waals surface area contributed by atoms with Crippen molar-refractivity contribution in [2.24, 2.45) is 0 Å². The lowest BCUT2D eigenvalue weighted by molar-refractivity contribution is -0.134.